The number of phenolic OH excluding ortho intramolecular Hbond substituents is 1. The summed E-state index contributed by atoms with van der Waals surface area (Å²) in [5.41, 5.74) is 6.74. The fourth-order valence-electron chi connectivity index (χ4n) is 3.32. The van der Waals surface area contributed by atoms with Crippen LogP contribution in [0.1, 0.15) is 44.2 Å². The van der Waals surface area contributed by atoms with Crippen molar-refractivity contribution in [2.75, 3.05) is 19.6 Å². The average Bonchev–Trinajstić information content (AvgIpc) is 2.44. The molecule has 0 aliphatic carbocycles. The van der Waals surface area contributed by atoms with Crippen molar-refractivity contribution in [3.05, 3.63) is 28.2 Å². The van der Waals surface area contributed by atoms with Crippen LogP contribution in [0.15, 0.2) is 22.7 Å². The average molecular weight is 341 g/mol. The molecule has 1 aromatic rings. The summed E-state index contributed by atoms with van der Waals surface area (Å²) in [5.74, 6) is 1.11. The summed E-state index contributed by atoms with van der Waals surface area (Å²) in [6, 6.07) is 6.02. The van der Waals surface area contributed by atoms with Gasteiger partial charge in [-0.2, -0.15) is 0 Å². The second kappa shape index (κ2) is 7.43. The third-order valence-corrected chi connectivity index (χ3v) is 4.79. The third kappa shape index (κ3) is 3.74. The molecule has 112 valence electrons. The van der Waals surface area contributed by atoms with E-state index in [4.69, 9.17) is 5.73 Å². The zero-order valence-corrected chi connectivity index (χ0v) is 13.8. The van der Waals surface area contributed by atoms with E-state index in [0.29, 0.717) is 17.7 Å². The Morgan fingerprint density at radius 2 is 2.30 bits per heavy atom. The Morgan fingerprint density at radius 1 is 1.50 bits per heavy atom. The second-order valence-electron chi connectivity index (χ2n) is 5.71. The molecule has 0 radical (unpaired) electrons. The molecule has 1 aliphatic rings. The maximum absolute atomic E-state index is 10.2. The molecule has 0 aromatic heterocycles. The van der Waals surface area contributed by atoms with E-state index in [0.717, 1.165) is 42.5 Å². The molecule has 3 N–H and O–H groups in total. The van der Waals surface area contributed by atoms with Gasteiger partial charge in [0.2, 0.25) is 0 Å². The van der Waals surface area contributed by atoms with Gasteiger partial charge < -0.3 is 10.8 Å². The van der Waals surface area contributed by atoms with Gasteiger partial charge >= 0.3 is 0 Å². The van der Waals surface area contributed by atoms with Crippen LogP contribution in [0.2, 0.25) is 0 Å². The normalized spacial score (nSPS) is 21.9. The molecule has 1 fully saturated rings. The van der Waals surface area contributed by atoms with Crippen LogP contribution in [0, 0.1) is 5.92 Å². The molecule has 1 aromatic carbocycles. The molecule has 20 heavy (non-hydrogen) atoms. The maximum atomic E-state index is 10.2. The van der Waals surface area contributed by atoms with Gasteiger partial charge in [-0.1, -0.05) is 22.9 Å². The minimum atomic E-state index is 0.299. The minimum Gasteiger partial charge on any atom is -0.508 e. The number of halogens is 1. The van der Waals surface area contributed by atoms with Crippen LogP contribution in [-0.2, 0) is 0 Å². The Bertz CT molecular complexity index is 436. The monoisotopic (exact) mass is 340 g/mol. The van der Waals surface area contributed by atoms with E-state index in [1.807, 2.05) is 6.07 Å². The van der Waals surface area contributed by atoms with Gasteiger partial charge in [-0.05, 0) is 62.9 Å². The molecule has 1 heterocycles. The van der Waals surface area contributed by atoms with Crippen LogP contribution in [0.4, 0.5) is 0 Å². The molecule has 0 bridgehead atoms. The number of piperidine rings is 1. The summed E-state index contributed by atoms with van der Waals surface area (Å²) in [5, 5.41) is 10.2. The number of nitrogens with zero attached hydrogens (tertiary/aromatic N) is 1. The highest BCUT2D eigenvalue weighted by molar-refractivity contribution is 9.10. The van der Waals surface area contributed by atoms with Gasteiger partial charge in [0.15, 0.2) is 0 Å². The second-order valence-corrected chi connectivity index (χ2v) is 6.62. The van der Waals surface area contributed by atoms with E-state index in [1.165, 1.54) is 12.8 Å². The van der Waals surface area contributed by atoms with Crippen molar-refractivity contribution in [3.8, 4) is 5.75 Å². The lowest BCUT2D eigenvalue weighted by atomic mass is 9.91. The van der Waals surface area contributed by atoms with Crippen molar-refractivity contribution in [3.63, 3.8) is 0 Å². The van der Waals surface area contributed by atoms with Gasteiger partial charge in [0.25, 0.3) is 0 Å². The standard InChI is InChI=1S/C16H25BrN2O/c1-2-15(14-10-13(17)5-6-16(14)20)19-9-3-4-12(11-19)7-8-18/h5-6,10,12,15,20H,2-4,7-9,11,18H2,1H3. The molecule has 0 spiro atoms. The van der Waals surface area contributed by atoms with Gasteiger partial charge in [-0.25, -0.2) is 0 Å². The molecular formula is C16H25BrN2O. The largest absolute Gasteiger partial charge is 0.508 e. The maximum Gasteiger partial charge on any atom is 0.120 e. The van der Waals surface area contributed by atoms with Gasteiger partial charge in [-0.15, -0.1) is 0 Å². The fraction of sp³-hybridized carbons (Fsp3) is 0.625. The molecule has 2 rings (SSSR count). The number of hydrogen-bond acceptors (Lipinski definition) is 3. The lowest BCUT2D eigenvalue weighted by Crippen LogP contribution is -2.38. The van der Waals surface area contributed by atoms with E-state index in [2.05, 4.69) is 33.8 Å². The number of nitrogens with two attached hydrogens (primary N) is 1. The molecule has 2 atom stereocenters. The van der Waals surface area contributed by atoms with E-state index in [9.17, 15) is 5.11 Å². The van der Waals surface area contributed by atoms with Gasteiger partial charge in [0.1, 0.15) is 5.75 Å². The number of benzene rings is 1. The molecule has 1 saturated heterocycles. The highest BCUT2D eigenvalue weighted by atomic mass is 79.9. The minimum absolute atomic E-state index is 0.299. The molecule has 3 nitrogen and oxygen atoms in total. The summed E-state index contributed by atoms with van der Waals surface area (Å²) in [7, 11) is 0. The number of rotatable bonds is 5. The van der Waals surface area contributed by atoms with Crippen LogP contribution >= 0.6 is 15.9 Å². The van der Waals surface area contributed by atoms with E-state index in [1.54, 1.807) is 6.07 Å². The highest BCUT2D eigenvalue weighted by Gasteiger charge is 2.27. The van der Waals surface area contributed by atoms with Crippen molar-refractivity contribution in [1.29, 1.82) is 0 Å². The topological polar surface area (TPSA) is 49.5 Å². The Labute approximate surface area is 130 Å². The zero-order valence-electron chi connectivity index (χ0n) is 12.2. The first-order chi connectivity index (χ1) is 9.65. The molecular weight excluding hydrogens is 316 g/mol. The highest BCUT2D eigenvalue weighted by Crippen LogP contribution is 2.35. The van der Waals surface area contributed by atoms with Crippen molar-refractivity contribution in [1.82, 2.24) is 4.90 Å². The van der Waals surface area contributed by atoms with E-state index < -0.39 is 0 Å². The van der Waals surface area contributed by atoms with Crippen LogP contribution in [-0.4, -0.2) is 29.6 Å². The molecule has 2 unspecified atom stereocenters. The quantitative estimate of drug-likeness (QED) is 0.859. The lowest BCUT2D eigenvalue weighted by molar-refractivity contribution is 0.115. The van der Waals surface area contributed by atoms with Crippen molar-refractivity contribution in [2.24, 2.45) is 11.7 Å². The summed E-state index contributed by atoms with van der Waals surface area (Å²) >= 11 is 3.51. The first-order valence-corrected chi connectivity index (χ1v) is 8.37. The van der Waals surface area contributed by atoms with Crippen molar-refractivity contribution < 1.29 is 5.11 Å². The first kappa shape index (κ1) is 15.8. The Kier molecular flexibility index (Phi) is 5.87. The number of aromatic hydroxyl groups is 1. The summed E-state index contributed by atoms with van der Waals surface area (Å²) in [6.45, 7) is 5.18. The number of phenols is 1. The first-order valence-electron chi connectivity index (χ1n) is 7.58. The zero-order chi connectivity index (χ0) is 14.5. The van der Waals surface area contributed by atoms with Crippen LogP contribution in [0.3, 0.4) is 0 Å². The Morgan fingerprint density at radius 3 is 3.00 bits per heavy atom. The molecule has 4 heteroatoms. The Balaban J connectivity index is 2.16. The van der Waals surface area contributed by atoms with E-state index >= 15 is 0 Å². The van der Waals surface area contributed by atoms with E-state index in [-0.39, 0.29) is 0 Å². The molecule has 0 saturated carbocycles. The third-order valence-electron chi connectivity index (χ3n) is 4.30. The van der Waals surface area contributed by atoms with Crippen LogP contribution in [0.25, 0.3) is 0 Å². The van der Waals surface area contributed by atoms with Gasteiger partial charge in [0.05, 0.1) is 0 Å². The van der Waals surface area contributed by atoms with Crippen LogP contribution < -0.4 is 5.73 Å². The molecule has 1 aliphatic heterocycles. The SMILES string of the molecule is CCC(c1cc(Br)ccc1O)N1CCCC(CCN)C1. The smallest absolute Gasteiger partial charge is 0.120 e. The fourth-order valence-corrected chi connectivity index (χ4v) is 3.70. The van der Waals surface area contributed by atoms with Gasteiger partial charge in [-0.3, -0.25) is 4.90 Å². The van der Waals surface area contributed by atoms with Crippen molar-refractivity contribution in [2.45, 2.75) is 38.6 Å². The summed E-state index contributed by atoms with van der Waals surface area (Å²) in [4.78, 5) is 2.52. The molecule has 0 amide bonds. The summed E-state index contributed by atoms with van der Waals surface area (Å²) in [6.07, 6.45) is 4.64. The summed E-state index contributed by atoms with van der Waals surface area (Å²) < 4.78 is 1.03. The number of likely N-dealkylation sites (tertiary alicyclic amines) is 1. The Hall–Kier alpha value is -0.580. The van der Waals surface area contributed by atoms with Gasteiger partial charge in [0, 0.05) is 22.6 Å². The predicted molar refractivity (Wildman–Crippen MR) is 86.8 cm³/mol. The van der Waals surface area contributed by atoms with Crippen LogP contribution in [0.5, 0.6) is 5.75 Å². The van der Waals surface area contributed by atoms with Crippen molar-refractivity contribution >= 4 is 15.9 Å². The predicted octanol–water partition coefficient (Wildman–Crippen LogP) is 3.67. The number of hydrogen-bond donors (Lipinski definition) is 2. The lowest BCUT2D eigenvalue weighted by Gasteiger charge is -2.38.